The highest BCUT2D eigenvalue weighted by atomic mass is 32.2. The van der Waals surface area contributed by atoms with Crippen LogP contribution >= 0.6 is 11.8 Å². The van der Waals surface area contributed by atoms with Crippen LogP contribution in [0.3, 0.4) is 0 Å². The zero-order valence-corrected chi connectivity index (χ0v) is 11.3. The Kier molecular flexibility index (Phi) is 5.20. The molecule has 0 saturated carbocycles. The summed E-state index contributed by atoms with van der Waals surface area (Å²) in [7, 11) is 0. The van der Waals surface area contributed by atoms with Gasteiger partial charge in [0.1, 0.15) is 5.75 Å². The molecule has 3 heteroatoms. The molecule has 94 valence electrons. The molecule has 0 amide bonds. The van der Waals surface area contributed by atoms with Crippen LogP contribution in [0.5, 0.6) is 5.75 Å². The molecular formula is C14H21NOS. The van der Waals surface area contributed by atoms with Gasteiger partial charge in [0.2, 0.25) is 0 Å². The Morgan fingerprint density at radius 1 is 1.29 bits per heavy atom. The number of ether oxygens (including phenoxy) is 1. The summed E-state index contributed by atoms with van der Waals surface area (Å²) >= 11 is 1.75. The number of hydrogen-bond donors (Lipinski definition) is 1. The molecule has 2 rings (SSSR count). The maximum absolute atomic E-state index is 5.89. The first-order valence-corrected chi connectivity index (χ1v) is 7.59. The summed E-state index contributed by atoms with van der Waals surface area (Å²) in [6.45, 7) is 3.19. The van der Waals surface area contributed by atoms with Crippen LogP contribution in [0, 0.1) is 5.92 Å². The van der Waals surface area contributed by atoms with Crippen LogP contribution in [0.4, 0.5) is 0 Å². The lowest BCUT2D eigenvalue weighted by Gasteiger charge is -2.22. The van der Waals surface area contributed by atoms with E-state index >= 15 is 0 Å². The summed E-state index contributed by atoms with van der Waals surface area (Å²) in [5.41, 5.74) is 0. The largest absolute Gasteiger partial charge is 0.492 e. The highest BCUT2D eigenvalue weighted by Gasteiger charge is 2.12. The Bertz CT molecular complexity index is 337. The standard InChI is InChI=1S/C14H21NOS/c1-17-14-5-3-2-4-13(14)16-11-8-12-6-9-15-10-7-12/h2-5,12,15H,6-11H2,1H3. The Morgan fingerprint density at radius 2 is 2.06 bits per heavy atom. The maximum atomic E-state index is 5.89. The molecule has 0 spiro atoms. The molecule has 1 aromatic rings. The van der Waals surface area contributed by atoms with Gasteiger partial charge in [-0.05, 0) is 56.7 Å². The molecule has 1 heterocycles. The lowest BCUT2D eigenvalue weighted by atomic mass is 9.95. The second kappa shape index (κ2) is 6.92. The molecule has 0 aromatic heterocycles. The third-order valence-electron chi connectivity index (χ3n) is 3.31. The van der Waals surface area contributed by atoms with E-state index in [2.05, 4.69) is 29.8 Å². The Morgan fingerprint density at radius 3 is 2.82 bits per heavy atom. The molecule has 0 aliphatic carbocycles. The van der Waals surface area contributed by atoms with Gasteiger partial charge in [-0.15, -0.1) is 11.8 Å². The Balaban J connectivity index is 1.77. The van der Waals surface area contributed by atoms with E-state index in [1.807, 2.05) is 6.07 Å². The highest BCUT2D eigenvalue weighted by molar-refractivity contribution is 7.98. The molecule has 17 heavy (non-hydrogen) atoms. The molecule has 1 fully saturated rings. The average Bonchev–Trinajstić information content (AvgIpc) is 2.40. The lowest BCUT2D eigenvalue weighted by molar-refractivity contribution is 0.248. The number of thioether (sulfide) groups is 1. The topological polar surface area (TPSA) is 21.3 Å². The van der Waals surface area contributed by atoms with Crippen molar-refractivity contribution in [3.63, 3.8) is 0 Å². The van der Waals surface area contributed by atoms with Gasteiger partial charge in [0, 0.05) is 4.90 Å². The minimum Gasteiger partial charge on any atom is -0.492 e. The van der Waals surface area contributed by atoms with Gasteiger partial charge in [-0.1, -0.05) is 12.1 Å². The Labute approximate surface area is 108 Å². The quantitative estimate of drug-likeness (QED) is 0.812. The van der Waals surface area contributed by atoms with Crippen molar-refractivity contribution in [3.8, 4) is 5.75 Å². The molecule has 1 aliphatic rings. The number of rotatable bonds is 5. The third kappa shape index (κ3) is 3.93. The number of nitrogens with one attached hydrogen (secondary N) is 1. The van der Waals surface area contributed by atoms with Gasteiger partial charge in [0.05, 0.1) is 6.61 Å². The smallest absolute Gasteiger partial charge is 0.132 e. The Hall–Kier alpha value is -0.670. The van der Waals surface area contributed by atoms with Crippen molar-refractivity contribution < 1.29 is 4.74 Å². The molecule has 1 saturated heterocycles. The zero-order chi connectivity index (χ0) is 11.9. The molecule has 1 N–H and O–H groups in total. The fourth-order valence-electron chi connectivity index (χ4n) is 2.24. The number of hydrogen-bond acceptors (Lipinski definition) is 3. The van der Waals surface area contributed by atoms with Crippen molar-refractivity contribution in [2.45, 2.75) is 24.2 Å². The van der Waals surface area contributed by atoms with Crippen molar-refractivity contribution in [1.82, 2.24) is 5.32 Å². The summed E-state index contributed by atoms with van der Waals surface area (Å²) in [6.07, 6.45) is 5.88. The van der Waals surface area contributed by atoms with E-state index in [9.17, 15) is 0 Å². The number of para-hydroxylation sites is 1. The first-order chi connectivity index (χ1) is 8.40. The van der Waals surface area contributed by atoms with E-state index in [4.69, 9.17) is 4.74 Å². The summed E-state index contributed by atoms with van der Waals surface area (Å²) in [4.78, 5) is 1.23. The summed E-state index contributed by atoms with van der Waals surface area (Å²) < 4.78 is 5.89. The highest BCUT2D eigenvalue weighted by Crippen LogP contribution is 2.27. The minimum atomic E-state index is 0.845. The zero-order valence-electron chi connectivity index (χ0n) is 10.4. The molecule has 0 bridgehead atoms. The van der Waals surface area contributed by atoms with E-state index in [1.54, 1.807) is 11.8 Å². The number of piperidine rings is 1. The SMILES string of the molecule is CSc1ccccc1OCCC1CCNCC1. The van der Waals surface area contributed by atoms with Crippen molar-refractivity contribution in [2.24, 2.45) is 5.92 Å². The molecule has 2 nitrogen and oxygen atoms in total. The third-order valence-corrected chi connectivity index (χ3v) is 4.09. The van der Waals surface area contributed by atoms with Crippen LogP contribution < -0.4 is 10.1 Å². The predicted octanol–water partition coefficient (Wildman–Crippen LogP) is 3.18. The van der Waals surface area contributed by atoms with Gasteiger partial charge in [0.25, 0.3) is 0 Å². The van der Waals surface area contributed by atoms with Gasteiger partial charge in [0.15, 0.2) is 0 Å². The number of benzene rings is 1. The van der Waals surface area contributed by atoms with Gasteiger partial charge in [-0.2, -0.15) is 0 Å². The monoisotopic (exact) mass is 251 g/mol. The maximum Gasteiger partial charge on any atom is 0.132 e. The second-order valence-corrected chi connectivity index (χ2v) is 5.33. The van der Waals surface area contributed by atoms with Crippen LogP contribution in [0.25, 0.3) is 0 Å². The normalized spacial score (nSPS) is 17.0. The minimum absolute atomic E-state index is 0.845. The van der Waals surface area contributed by atoms with Gasteiger partial charge < -0.3 is 10.1 Å². The predicted molar refractivity (Wildman–Crippen MR) is 73.9 cm³/mol. The molecule has 0 unspecified atom stereocenters. The van der Waals surface area contributed by atoms with Crippen LogP contribution in [0.15, 0.2) is 29.2 Å². The molecule has 1 aliphatic heterocycles. The molecule has 0 atom stereocenters. The van der Waals surface area contributed by atoms with Crippen LogP contribution in [-0.2, 0) is 0 Å². The van der Waals surface area contributed by atoms with Crippen molar-refractivity contribution in [1.29, 1.82) is 0 Å². The van der Waals surface area contributed by atoms with E-state index in [-0.39, 0.29) is 0 Å². The summed E-state index contributed by atoms with van der Waals surface area (Å²) in [5.74, 6) is 1.88. The fourth-order valence-corrected chi connectivity index (χ4v) is 2.79. The van der Waals surface area contributed by atoms with Crippen LogP contribution in [0.1, 0.15) is 19.3 Å². The summed E-state index contributed by atoms with van der Waals surface area (Å²) in [6, 6.07) is 8.28. The fraction of sp³-hybridized carbons (Fsp3) is 0.571. The first-order valence-electron chi connectivity index (χ1n) is 6.36. The van der Waals surface area contributed by atoms with Crippen molar-refractivity contribution >= 4 is 11.8 Å². The molecular weight excluding hydrogens is 230 g/mol. The van der Waals surface area contributed by atoms with Crippen molar-refractivity contribution in [2.75, 3.05) is 26.0 Å². The lowest BCUT2D eigenvalue weighted by Crippen LogP contribution is -2.28. The first kappa shape index (κ1) is 12.8. The van der Waals surface area contributed by atoms with Gasteiger partial charge >= 0.3 is 0 Å². The second-order valence-electron chi connectivity index (χ2n) is 4.48. The van der Waals surface area contributed by atoms with E-state index in [0.29, 0.717) is 0 Å². The summed E-state index contributed by atoms with van der Waals surface area (Å²) in [5, 5.41) is 3.40. The van der Waals surface area contributed by atoms with E-state index in [0.717, 1.165) is 18.3 Å². The van der Waals surface area contributed by atoms with Crippen molar-refractivity contribution in [3.05, 3.63) is 24.3 Å². The van der Waals surface area contributed by atoms with Crippen LogP contribution in [-0.4, -0.2) is 26.0 Å². The van der Waals surface area contributed by atoms with Gasteiger partial charge in [-0.25, -0.2) is 0 Å². The van der Waals surface area contributed by atoms with Gasteiger partial charge in [-0.3, -0.25) is 0 Å². The van der Waals surface area contributed by atoms with E-state index in [1.165, 1.54) is 37.2 Å². The molecule has 0 radical (unpaired) electrons. The molecule has 1 aromatic carbocycles. The van der Waals surface area contributed by atoms with Crippen LogP contribution in [0.2, 0.25) is 0 Å². The average molecular weight is 251 g/mol. The van der Waals surface area contributed by atoms with E-state index < -0.39 is 0 Å².